The Bertz CT molecular complexity index is 566. The smallest absolute Gasteiger partial charge is 0.216 e. The lowest BCUT2D eigenvalue weighted by Gasteiger charge is -2.28. The summed E-state index contributed by atoms with van der Waals surface area (Å²) in [4.78, 5) is 0. The molecule has 104 valence electrons. The van der Waals surface area contributed by atoms with E-state index in [1.165, 1.54) is 9.87 Å². The molecular formula is C14H19NO3S. The van der Waals surface area contributed by atoms with Crippen LogP contribution in [0.2, 0.25) is 0 Å². The van der Waals surface area contributed by atoms with Crippen molar-refractivity contribution >= 4 is 10.0 Å². The zero-order valence-electron chi connectivity index (χ0n) is 10.8. The Kier molecular flexibility index (Phi) is 3.37. The van der Waals surface area contributed by atoms with Gasteiger partial charge in [-0.15, -0.1) is 0 Å². The van der Waals surface area contributed by atoms with Gasteiger partial charge < -0.3 is 5.11 Å². The molecule has 1 aromatic rings. The van der Waals surface area contributed by atoms with Gasteiger partial charge in [0.1, 0.15) is 0 Å². The number of hydrogen-bond acceptors (Lipinski definition) is 3. The first kappa shape index (κ1) is 13.1. The van der Waals surface area contributed by atoms with Crippen LogP contribution in [-0.4, -0.2) is 36.2 Å². The number of hydrogen-bond donors (Lipinski definition) is 1. The number of nitrogens with zero attached hydrogens (tertiary/aromatic N) is 1. The van der Waals surface area contributed by atoms with Crippen LogP contribution < -0.4 is 0 Å². The van der Waals surface area contributed by atoms with Crippen LogP contribution in [0.25, 0.3) is 0 Å². The van der Waals surface area contributed by atoms with Gasteiger partial charge in [-0.2, -0.15) is 4.31 Å². The van der Waals surface area contributed by atoms with Crippen LogP contribution in [-0.2, 0) is 23.0 Å². The topological polar surface area (TPSA) is 57.6 Å². The number of rotatable bonds is 4. The van der Waals surface area contributed by atoms with E-state index in [0.29, 0.717) is 13.1 Å². The molecule has 1 aromatic carbocycles. The fourth-order valence-electron chi connectivity index (χ4n) is 2.65. The summed E-state index contributed by atoms with van der Waals surface area (Å²) in [7, 11) is -3.35. The quantitative estimate of drug-likeness (QED) is 0.900. The molecule has 1 heterocycles. The molecule has 1 N–H and O–H groups in total. The second-order valence-corrected chi connectivity index (χ2v) is 7.55. The Balaban J connectivity index is 1.72. The maximum atomic E-state index is 12.3. The molecule has 0 radical (unpaired) electrons. The zero-order chi connectivity index (χ0) is 13.5. The molecule has 0 spiro atoms. The molecule has 1 atom stereocenters. The van der Waals surface area contributed by atoms with Crippen molar-refractivity contribution in [2.75, 3.05) is 12.3 Å². The largest absolute Gasteiger partial charge is 0.392 e. The van der Waals surface area contributed by atoms with E-state index in [0.717, 1.165) is 24.8 Å². The predicted molar refractivity (Wildman–Crippen MR) is 73.1 cm³/mol. The van der Waals surface area contributed by atoms with Gasteiger partial charge in [0.25, 0.3) is 0 Å². The molecule has 4 nitrogen and oxygen atoms in total. The third-order valence-corrected chi connectivity index (χ3v) is 5.90. The minimum absolute atomic E-state index is 0.125. The van der Waals surface area contributed by atoms with Gasteiger partial charge in [0.05, 0.1) is 11.9 Å². The predicted octanol–water partition coefficient (Wildman–Crippen LogP) is 1.15. The minimum atomic E-state index is -3.35. The van der Waals surface area contributed by atoms with Crippen LogP contribution in [0.15, 0.2) is 24.3 Å². The number of benzene rings is 1. The standard InChI is InChI=1S/C14H19NO3S/c16-14(12-5-6-12)10-19(17,18)15-8-7-11-3-1-2-4-13(11)9-15/h1-4,12,14,16H,5-10H2. The van der Waals surface area contributed by atoms with Gasteiger partial charge in [-0.1, -0.05) is 24.3 Å². The highest BCUT2D eigenvalue weighted by atomic mass is 32.2. The minimum Gasteiger partial charge on any atom is -0.392 e. The summed E-state index contributed by atoms with van der Waals surface area (Å²) in [5.74, 6) is 0.0756. The van der Waals surface area contributed by atoms with Crippen LogP contribution in [0.1, 0.15) is 24.0 Å². The number of sulfonamides is 1. The molecule has 0 aromatic heterocycles. The molecule has 1 aliphatic carbocycles. The summed E-state index contributed by atoms with van der Waals surface area (Å²) < 4.78 is 26.1. The van der Waals surface area contributed by atoms with Crippen molar-refractivity contribution in [2.45, 2.75) is 31.9 Å². The number of aliphatic hydroxyl groups excluding tert-OH is 1. The van der Waals surface area contributed by atoms with Gasteiger partial charge in [0, 0.05) is 13.1 Å². The third kappa shape index (κ3) is 2.83. The molecule has 3 rings (SSSR count). The van der Waals surface area contributed by atoms with Gasteiger partial charge in [-0.3, -0.25) is 0 Å². The van der Waals surface area contributed by atoms with Crippen molar-refractivity contribution in [3.63, 3.8) is 0 Å². The van der Waals surface area contributed by atoms with Gasteiger partial charge in [0.15, 0.2) is 0 Å². The molecule has 0 bridgehead atoms. The van der Waals surface area contributed by atoms with Gasteiger partial charge >= 0.3 is 0 Å². The van der Waals surface area contributed by atoms with Crippen molar-refractivity contribution in [3.05, 3.63) is 35.4 Å². The first-order chi connectivity index (χ1) is 9.06. The highest BCUT2D eigenvalue weighted by molar-refractivity contribution is 7.89. The van der Waals surface area contributed by atoms with Crippen molar-refractivity contribution in [3.8, 4) is 0 Å². The second-order valence-electron chi connectivity index (χ2n) is 5.54. The van der Waals surface area contributed by atoms with Crippen LogP contribution in [0.3, 0.4) is 0 Å². The molecule has 1 saturated carbocycles. The van der Waals surface area contributed by atoms with Crippen molar-refractivity contribution < 1.29 is 13.5 Å². The SMILES string of the molecule is O=S(=O)(CC(O)C1CC1)N1CCc2ccccc2C1. The molecule has 0 saturated heterocycles. The molecule has 5 heteroatoms. The Labute approximate surface area is 114 Å². The Morgan fingerprint density at radius 3 is 2.63 bits per heavy atom. The summed E-state index contributed by atoms with van der Waals surface area (Å²) in [5.41, 5.74) is 2.31. The number of aliphatic hydroxyl groups is 1. The zero-order valence-corrected chi connectivity index (χ0v) is 11.6. The molecule has 1 unspecified atom stereocenters. The normalized spacial score (nSPS) is 21.9. The highest BCUT2D eigenvalue weighted by Crippen LogP contribution is 2.33. The van der Waals surface area contributed by atoms with Crippen LogP contribution in [0, 0.1) is 5.92 Å². The molecule has 1 fully saturated rings. The summed E-state index contributed by atoms with van der Waals surface area (Å²) in [5, 5.41) is 9.84. The van der Waals surface area contributed by atoms with E-state index in [2.05, 4.69) is 6.07 Å². The Morgan fingerprint density at radius 1 is 1.26 bits per heavy atom. The average molecular weight is 281 g/mol. The Morgan fingerprint density at radius 2 is 1.95 bits per heavy atom. The fraction of sp³-hybridized carbons (Fsp3) is 0.571. The maximum Gasteiger partial charge on any atom is 0.216 e. The summed E-state index contributed by atoms with van der Waals surface area (Å²) in [6, 6.07) is 7.96. The first-order valence-electron chi connectivity index (χ1n) is 6.79. The lowest BCUT2D eigenvalue weighted by Crippen LogP contribution is -2.40. The fourth-order valence-corrected chi connectivity index (χ4v) is 4.27. The van der Waals surface area contributed by atoms with E-state index < -0.39 is 16.1 Å². The molecule has 19 heavy (non-hydrogen) atoms. The van der Waals surface area contributed by atoms with Crippen molar-refractivity contribution in [1.29, 1.82) is 0 Å². The highest BCUT2D eigenvalue weighted by Gasteiger charge is 2.35. The molecule has 2 aliphatic rings. The lowest BCUT2D eigenvalue weighted by atomic mass is 10.0. The van der Waals surface area contributed by atoms with Gasteiger partial charge in [-0.25, -0.2) is 8.42 Å². The monoisotopic (exact) mass is 281 g/mol. The number of fused-ring (bicyclic) bond motifs is 1. The summed E-state index contributed by atoms with van der Waals surface area (Å²) in [6.45, 7) is 0.965. The van der Waals surface area contributed by atoms with Crippen molar-refractivity contribution in [2.24, 2.45) is 5.92 Å². The third-order valence-electron chi connectivity index (χ3n) is 4.04. The molecular weight excluding hydrogens is 262 g/mol. The van der Waals surface area contributed by atoms with E-state index in [4.69, 9.17) is 0 Å². The van der Waals surface area contributed by atoms with Crippen molar-refractivity contribution in [1.82, 2.24) is 4.31 Å². The van der Waals surface area contributed by atoms with E-state index in [1.54, 1.807) is 0 Å². The molecule has 1 aliphatic heterocycles. The summed E-state index contributed by atoms with van der Waals surface area (Å²) >= 11 is 0. The summed E-state index contributed by atoms with van der Waals surface area (Å²) in [6.07, 6.45) is 1.98. The van der Waals surface area contributed by atoms with Crippen LogP contribution in [0.4, 0.5) is 0 Å². The van der Waals surface area contributed by atoms with E-state index in [-0.39, 0.29) is 11.7 Å². The van der Waals surface area contributed by atoms with E-state index in [1.807, 2.05) is 18.2 Å². The van der Waals surface area contributed by atoms with Crippen LogP contribution in [0.5, 0.6) is 0 Å². The lowest BCUT2D eigenvalue weighted by molar-refractivity contribution is 0.171. The molecule has 0 amide bonds. The Hall–Kier alpha value is -0.910. The van der Waals surface area contributed by atoms with Gasteiger partial charge in [0.2, 0.25) is 10.0 Å². The maximum absolute atomic E-state index is 12.3. The average Bonchev–Trinajstić information content (AvgIpc) is 3.22. The first-order valence-corrected chi connectivity index (χ1v) is 8.40. The van der Waals surface area contributed by atoms with Crippen LogP contribution >= 0.6 is 0 Å². The van der Waals surface area contributed by atoms with E-state index >= 15 is 0 Å². The second kappa shape index (κ2) is 4.89. The van der Waals surface area contributed by atoms with E-state index in [9.17, 15) is 13.5 Å². The van der Waals surface area contributed by atoms with Gasteiger partial charge in [-0.05, 0) is 36.3 Å².